The van der Waals surface area contributed by atoms with Crippen LogP contribution in [0, 0.1) is 5.92 Å². The van der Waals surface area contributed by atoms with E-state index in [2.05, 4.69) is 48.3 Å². The molecule has 118 valence electrons. The second kappa shape index (κ2) is 10.2. The van der Waals surface area contributed by atoms with Gasteiger partial charge in [0, 0.05) is 31.7 Å². The van der Waals surface area contributed by atoms with Gasteiger partial charge >= 0.3 is 0 Å². The van der Waals surface area contributed by atoms with E-state index < -0.39 is 0 Å². The third kappa shape index (κ3) is 6.63. The zero-order valence-corrected chi connectivity index (χ0v) is 13.3. The van der Waals surface area contributed by atoms with Gasteiger partial charge < -0.3 is 16.0 Å². The lowest BCUT2D eigenvalue weighted by molar-refractivity contribution is -0.121. The summed E-state index contributed by atoms with van der Waals surface area (Å²) in [4.78, 5) is 14.1. The van der Waals surface area contributed by atoms with Crippen LogP contribution in [0.5, 0.6) is 0 Å². The maximum Gasteiger partial charge on any atom is 0.220 e. The highest BCUT2D eigenvalue weighted by Crippen LogP contribution is 2.12. The van der Waals surface area contributed by atoms with Crippen LogP contribution >= 0.6 is 0 Å². The van der Waals surface area contributed by atoms with E-state index in [1.165, 1.54) is 5.69 Å². The molecule has 4 heteroatoms. The van der Waals surface area contributed by atoms with Crippen molar-refractivity contribution in [2.75, 3.05) is 31.1 Å². The van der Waals surface area contributed by atoms with E-state index in [0.29, 0.717) is 18.9 Å². The van der Waals surface area contributed by atoms with Gasteiger partial charge in [0.2, 0.25) is 5.91 Å². The lowest BCUT2D eigenvalue weighted by Gasteiger charge is -2.23. The minimum atomic E-state index is 0.120. The maximum absolute atomic E-state index is 11.8. The molecule has 3 N–H and O–H groups in total. The monoisotopic (exact) mass is 291 g/mol. The van der Waals surface area contributed by atoms with Crippen LogP contribution in [0.2, 0.25) is 0 Å². The van der Waals surface area contributed by atoms with Gasteiger partial charge in [0.15, 0.2) is 0 Å². The fraction of sp³-hybridized carbons (Fsp3) is 0.588. The molecule has 0 radical (unpaired) electrons. The minimum absolute atomic E-state index is 0.120. The molecule has 1 aromatic rings. The molecule has 1 aromatic carbocycles. The van der Waals surface area contributed by atoms with Crippen LogP contribution in [-0.4, -0.2) is 32.1 Å². The average molecular weight is 291 g/mol. The Morgan fingerprint density at radius 2 is 2.00 bits per heavy atom. The number of rotatable bonds is 10. The van der Waals surface area contributed by atoms with Gasteiger partial charge in [-0.05, 0) is 37.9 Å². The molecule has 0 bridgehead atoms. The average Bonchev–Trinajstić information content (AvgIpc) is 2.53. The van der Waals surface area contributed by atoms with Gasteiger partial charge in [0.1, 0.15) is 0 Å². The van der Waals surface area contributed by atoms with E-state index in [1.807, 2.05) is 6.07 Å². The molecule has 1 amide bonds. The van der Waals surface area contributed by atoms with Gasteiger partial charge in [0.05, 0.1) is 0 Å². The lowest BCUT2D eigenvalue weighted by Crippen LogP contribution is -2.31. The van der Waals surface area contributed by atoms with E-state index in [4.69, 9.17) is 5.73 Å². The quantitative estimate of drug-likeness (QED) is 0.651. The number of benzene rings is 1. The Kier molecular flexibility index (Phi) is 8.51. The van der Waals surface area contributed by atoms with Gasteiger partial charge in [0.25, 0.3) is 0 Å². The molecule has 0 aliphatic rings. The van der Waals surface area contributed by atoms with E-state index in [-0.39, 0.29) is 5.91 Å². The summed E-state index contributed by atoms with van der Waals surface area (Å²) in [6.07, 6.45) is 2.46. The van der Waals surface area contributed by atoms with Crippen LogP contribution in [0.4, 0.5) is 5.69 Å². The van der Waals surface area contributed by atoms with Crippen molar-refractivity contribution < 1.29 is 4.79 Å². The Morgan fingerprint density at radius 1 is 1.29 bits per heavy atom. The van der Waals surface area contributed by atoms with Crippen molar-refractivity contribution in [1.82, 2.24) is 5.32 Å². The van der Waals surface area contributed by atoms with E-state index in [1.54, 1.807) is 0 Å². The molecule has 0 fully saturated rings. The summed E-state index contributed by atoms with van der Waals surface area (Å²) in [6, 6.07) is 10.4. The molecule has 4 nitrogen and oxygen atoms in total. The number of nitrogens with two attached hydrogens (primary N) is 1. The smallest absolute Gasteiger partial charge is 0.220 e. The molecule has 0 aliphatic heterocycles. The van der Waals surface area contributed by atoms with E-state index >= 15 is 0 Å². The minimum Gasteiger partial charge on any atom is -0.372 e. The number of nitrogens with one attached hydrogen (secondary N) is 1. The first-order chi connectivity index (χ1) is 10.2. The van der Waals surface area contributed by atoms with Gasteiger partial charge in [-0.1, -0.05) is 31.5 Å². The second-order valence-electron chi connectivity index (χ2n) is 5.33. The van der Waals surface area contributed by atoms with Crippen molar-refractivity contribution in [3.8, 4) is 0 Å². The molecule has 1 unspecified atom stereocenters. The number of amides is 1. The van der Waals surface area contributed by atoms with Crippen LogP contribution in [0.1, 0.15) is 33.1 Å². The number of hydrogen-bond donors (Lipinski definition) is 2. The molecule has 0 saturated carbocycles. The summed E-state index contributed by atoms with van der Waals surface area (Å²) in [6.45, 7) is 7.46. The van der Waals surface area contributed by atoms with Crippen molar-refractivity contribution in [3.05, 3.63) is 30.3 Å². The SMILES string of the molecule is CCC(CN)CC(=O)NCCCN(CC)c1ccccc1. The van der Waals surface area contributed by atoms with Crippen molar-refractivity contribution >= 4 is 11.6 Å². The summed E-state index contributed by atoms with van der Waals surface area (Å²) < 4.78 is 0. The third-order valence-electron chi connectivity index (χ3n) is 3.81. The number of carbonyl (C=O) groups is 1. The largest absolute Gasteiger partial charge is 0.372 e. The topological polar surface area (TPSA) is 58.4 Å². The van der Waals surface area contributed by atoms with Crippen LogP contribution in [0.3, 0.4) is 0 Å². The fourth-order valence-electron chi connectivity index (χ4n) is 2.34. The first-order valence-electron chi connectivity index (χ1n) is 7.98. The maximum atomic E-state index is 11.8. The van der Waals surface area contributed by atoms with Gasteiger partial charge in [-0.3, -0.25) is 4.79 Å². The Balaban J connectivity index is 2.25. The fourth-order valence-corrected chi connectivity index (χ4v) is 2.34. The van der Waals surface area contributed by atoms with Crippen molar-refractivity contribution in [2.24, 2.45) is 11.7 Å². The van der Waals surface area contributed by atoms with Crippen molar-refractivity contribution in [3.63, 3.8) is 0 Å². The summed E-state index contributed by atoms with van der Waals surface area (Å²) in [5, 5.41) is 2.99. The molecule has 1 rings (SSSR count). The number of para-hydroxylation sites is 1. The molecule has 0 aromatic heterocycles. The predicted octanol–water partition coefficient (Wildman–Crippen LogP) is 2.39. The Hall–Kier alpha value is -1.55. The van der Waals surface area contributed by atoms with E-state index in [0.717, 1.165) is 32.5 Å². The van der Waals surface area contributed by atoms with Gasteiger partial charge in [-0.2, -0.15) is 0 Å². The summed E-state index contributed by atoms with van der Waals surface area (Å²) in [5.74, 6) is 0.427. The number of nitrogens with zero attached hydrogens (tertiary/aromatic N) is 1. The first kappa shape index (κ1) is 17.5. The molecule has 21 heavy (non-hydrogen) atoms. The Bertz CT molecular complexity index is 390. The lowest BCUT2D eigenvalue weighted by atomic mass is 10.0. The van der Waals surface area contributed by atoms with Crippen LogP contribution in [0.25, 0.3) is 0 Å². The standard InChI is InChI=1S/C17H29N3O/c1-3-15(14-18)13-17(21)19-11-8-12-20(4-2)16-9-6-5-7-10-16/h5-7,9-10,15H,3-4,8,11-14,18H2,1-2H3,(H,19,21). The highest BCUT2D eigenvalue weighted by molar-refractivity contribution is 5.76. The number of carbonyl (C=O) groups excluding carboxylic acids is 1. The third-order valence-corrected chi connectivity index (χ3v) is 3.81. The second-order valence-corrected chi connectivity index (χ2v) is 5.33. The van der Waals surface area contributed by atoms with Crippen molar-refractivity contribution in [1.29, 1.82) is 0 Å². The molecular weight excluding hydrogens is 262 g/mol. The molecule has 1 atom stereocenters. The summed E-state index contributed by atoms with van der Waals surface area (Å²) in [5.41, 5.74) is 6.86. The van der Waals surface area contributed by atoms with Crippen LogP contribution in [-0.2, 0) is 4.79 Å². The molecular formula is C17H29N3O. The number of anilines is 1. The zero-order chi connectivity index (χ0) is 15.5. The van der Waals surface area contributed by atoms with Crippen LogP contribution < -0.4 is 16.0 Å². The summed E-state index contributed by atoms with van der Waals surface area (Å²) >= 11 is 0. The number of hydrogen-bond acceptors (Lipinski definition) is 3. The molecule has 0 heterocycles. The molecule has 0 saturated heterocycles. The van der Waals surface area contributed by atoms with Crippen LogP contribution in [0.15, 0.2) is 30.3 Å². The predicted molar refractivity (Wildman–Crippen MR) is 89.4 cm³/mol. The zero-order valence-electron chi connectivity index (χ0n) is 13.3. The van der Waals surface area contributed by atoms with Gasteiger partial charge in [-0.15, -0.1) is 0 Å². The summed E-state index contributed by atoms with van der Waals surface area (Å²) in [7, 11) is 0. The highest BCUT2D eigenvalue weighted by Gasteiger charge is 2.10. The van der Waals surface area contributed by atoms with E-state index in [9.17, 15) is 4.79 Å². The molecule has 0 aliphatic carbocycles. The highest BCUT2D eigenvalue weighted by atomic mass is 16.1. The normalized spacial score (nSPS) is 12.0. The Labute approximate surface area is 128 Å². The van der Waals surface area contributed by atoms with Crippen molar-refractivity contribution in [2.45, 2.75) is 33.1 Å². The van der Waals surface area contributed by atoms with Gasteiger partial charge in [-0.25, -0.2) is 0 Å². The Morgan fingerprint density at radius 3 is 2.57 bits per heavy atom. The molecule has 0 spiro atoms. The first-order valence-corrected chi connectivity index (χ1v) is 7.98.